The Balaban J connectivity index is 2.21. The smallest absolute Gasteiger partial charge is 0.334 e. The lowest BCUT2D eigenvalue weighted by molar-refractivity contribution is -0.185. The molecule has 0 N–H and O–H groups in total. The number of hydrogen-bond donors (Lipinski definition) is 0. The molecule has 3 nitrogen and oxygen atoms in total. The highest BCUT2D eigenvalue weighted by Crippen LogP contribution is 2.27. The third-order valence-electron chi connectivity index (χ3n) is 3.38. The number of nitrogens with zero attached hydrogens (tertiary/aromatic N) is 1. The Morgan fingerprint density at radius 2 is 1.85 bits per heavy atom. The fraction of sp³-hybridized carbons (Fsp3) is 0.429. The standard InChI is InChI=1S/C14H14F3NO2/c15-14(16,17)13(20)18-7-6-12(19)8-11(9-18)10-4-2-1-3-5-10/h1-5,11H,6-9H2. The summed E-state index contributed by atoms with van der Waals surface area (Å²) in [6.45, 7) is -0.241. The van der Waals surface area contributed by atoms with E-state index in [1.54, 1.807) is 30.3 Å². The molecule has 1 saturated heterocycles. The van der Waals surface area contributed by atoms with Crippen LogP contribution in [0.25, 0.3) is 0 Å². The molecule has 20 heavy (non-hydrogen) atoms. The van der Waals surface area contributed by atoms with E-state index in [4.69, 9.17) is 0 Å². The number of alkyl halides is 3. The summed E-state index contributed by atoms with van der Waals surface area (Å²) >= 11 is 0. The van der Waals surface area contributed by atoms with E-state index in [2.05, 4.69) is 0 Å². The molecule has 2 rings (SSSR count). The number of rotatable bonds is 1. The number of likely N-dealkylation sites (tertiary alicyclic amines) is 1. The Kier molecular flexibility index (Phi) is 4.11. The molecule has 1 atom stereocenters. The van der Waals surface area contributed by atoms with Gasteiger partial charge in [-0.2, -0.15) is 13.2 Å². The van der Waals surface area contributed by atoms with Crippen molar-refractivity contribution in [3.8, 4) is 0 Å². The molecule has 108 valence electrons. The zero-order valence-electron chi connectivity index (χ0n) is 10.7. The zero-order chi connectivity index (χ0) is 14.8. The lowest BCUT2D eigenvalue weighted by Gasteiger charge is -2.25. The van der Waals surface area contributed by atoms with Crippen molar-refractivity contribution >= 4 is 11.7 Å². The predicted octanol–water partition coefficient (Wildman–Crippen LogP) is 2.52. The molecule has 0 spiro atoms. The monoisotopic (exact) mass is 285 g/mol. The first-order valence-corrected chi connectivity index (χ1v) is 6.30. The van der Waals surface area contributed by atoms with Gasteiger partial charge < -0.3 is 4.90 Å². The summed E-state index contributed by atoms with van der Waals surface area (Å²) in [4.78, 5) is 23.7. The number of Topliss-reactive ketones (excluding diaryl/α,β-unsaturated/α-hetero) is 1. The number of ketones is 1. The quantitative estimate of drug-likeness (QED) is 0.795. The van der Waals surface area contributed by atoms with Crippen LogP contribution < -0.4 is 0 Å². The number of amides is 1. The zero-order valence-corrected chi connectivity index (χ0v) is 10.7. The molecular formula is C14H14F3NO2. The maximum absolute atomic E-state index is 12.5. The molecule has 0 bridgehead atoms. The molecule has 1 fully saturated rings. The van der Waals surface area contributed by atoms with Gasteiger partial charge in [-0.15, -0.1) is 0 Å². The molecule has 1 unspecified atom stereocenters. The van der Waals surface area contributed by atoms with Gasteiger partial charge in [-0.05, 0) is 5.56 Å². The van der Waals surface area contributed by atoms with Gasteiger partial charge in [0.05, 0.1) is 0 Å². The summed E-state index contributed by atoms with van der Waals surface area (Å²) in [5, 5.41) is 0. The van der Waals surface area contributed by atoms with E-state index in [1.807, 2.05) is 0 Å². The molecule has 1 aliphatic rings. The first-order chi connectivity index (χ1) is 9.38. The normalized spacial score (nSPS) is 20.6. The van der Waals surface area contributed by atoms with Gasteiger partial charge >= 0.3 is 12.1 Å². The molecule has 1 aliphatic heterocycles. The van der Waals surface area contributed by atoms with Gasteiger partial charge in [0.1, 0.15) is 5.78 Å². The van der Waals surface area contributed by atoms with Gasteiger partial charge in [0.15, 0.2) is 0 Å². The van der Waals surface area contributed by atoms with E-state index in [0.717, 1.165) is 10.5 Å². The van der Waals surface area contributed by atoms with E-state index < -0.39 is 12.1 Å². The molecule has 0 saturated carbocycles. The molecule has 1 heterocycles. The molecule has 6 heteroatoms. The van der Waals surface area contributed by atoms with Crippen LogP contribution in [0, 0.1) is 0 Å². The van der Waals surface area contributed by atoms with Crippen molar-refractivity contribution in [3.63, 3.8) is 0 Å². The Morgan fingerprint density at radius 1 is 1.20 bits per heavy atom. The van der Waals surface area contributed by atoms with Crippen LogP contribution in [-0.4, -0.2) is 35.9 Å². The van der Waals surface area contributed by atoms with Crippen molar-refractivity contribution < 1.29 is 22.8 Å². The molecule has 1 aromatic rings. The third-order valence-corrected chi connectivity index (χ3v) is 3.38. The largest absolute Gasteiger partial charge is 0.471 e. The predicted molar refractivity (Wildman–Crippen MR) is 66.1 cm³/mol. The van der Waals surface area contributed by atoms with E-state index in [-0.39, 0.29) is 37.6 Å². The summed E-state index contributed by atoms with van der Waals surface area (Å²) in [5.41, 5.74) is 0.780. The second kappa shape index (κ2) is 5.64. The molecule has 0 aliphatic carbocycles. The first-order valence-electron chi connectivity index (χ1n) is 6.30. The Bertz CT molecular complexity index is 499. The first kappa shape index (κ1) is 14.6. The van der Waals surface area contributed by atoms with Crippen molar-refractivity contribution in [2.75, 3.05) is 13.1 Å². The SMILES string of the molecule is O=C1CCN(C(=O)C(F)(F)F)CC(c2ccccc2)C1. The van der Waals surface area contributed by atoms with E-state index in [9.17, 15) is 22.8 Å². The molecule has 1 amide bonds. The molecular weight excluding hydrogens is 271 g/mol. The lowest BCUT2D eigenvalue weighted by atomic mass is 9.94. The topological polar surface area (TPSA) is 37.4 Å². The number of benzene rings is 1. The van der Waals surface area contributed by atoms with Crippen molar-refractivity contribution in [1.82, 2.24) is 4.90 Å². The number of halogens is 3. The van der Waals surface area contributed by atoms with Gasteiger partial charge in [-0.25, -0.2) is 0 Å². The van der Waals surface area contributed by atoms with Gasteiger partial charge in [0.25, 0.3) is 0 Å². The van der Waals surface area contributed by atoms with Crippen molar-refractivity contribution in [1.29, 1.82) is 0 Å². The summed E-state index contributed by atoms with van der Waals surface area (Å²) in [7, 11) is 0. The average molecular weight is 285 g/mol. The summed E-state index contributed by atoms with van der Waals surface area (Å²) in [6.07, 6.45) is -4.74. The summed E-state index contributed by atoms with van der Waals surface area (Å²) in [5.74, 6) is -2.36. The van der Waals surface area contributed by atoms with Crippen LogP contribution in [-0.2, 0) is 9.59 Å². The second-order valence-electron chi connectivity index (χ2n) is 4.85. The van der Waals surface area contributed by atoms with Crippen LogP contribution in [0.4, 0.5) is 13.2 Å². The third kappa shape index (κ3) is 3.37. The van der Waals surface area contributed by atoms with E-state index in [0.29, 0.717) is 0 Å². The second-order valence-corrected chi connectivity index (χ2v) is 4.85. The van der Waals surface area contributed by atoms with Crippen molar-refractivity contribution in [3.05, 3.63) is 35.9 Å². The minimum Gasteiger partial charge on any atom is -0.334 e. The lowest BCUT2D eigenvalue weighted by Crippen LogP contribution is -2.42. The van der Waals surface area contributed by atoms with Crippen LogP contribution in [0.2, 0.25) is 0 Å². The van der Waals surface area contributed by atoms with Gasteiger partial charge in [-0.3, -0.25) is 9.59 Å². The van der Waals surface area contributed by atoms with Crippen molar-refractivity contribution in [2.45, 2.75) is 24.9 Å². The van der Waals surface area contributed by atoms with Gasteiger partial charge in [0.2, 0.25) is 0 Å². The van der Waals surface area contributed by atoms with Crippen LogP contribution in [0.5, 0.6) is 0 Å². The van der Waals surface area contributed by atoms with Crippen LogP contribution in [0.1, 0.15) is 24.3 Å². The van der Waals surface area contributed by atoms with Gasteiger partial charge in [0, 0.05) is 31.8 Å². The highest BCUT2D eigenvalue weighted by atomic mass is 19.4. The summed E-state index contributed by atoms with van der Waals surface area (Å²) in [6, 6.07) is 8.85. The fourth-order valence-corrected chi connectivity index (χ4v) is 2.37. The highest BCUT2D eigenvalue weighted by Gasteiger charge is 2.43. The van der Waals surface area contributed by atoms with Crippen LogP contribution >= 0.6 is 0 Å². The summed E-state index contributed by atoms with van der Waals surface area (Å²) < 4.78 is 37.6. The van der Waals surface area contributed by atoms with Crippen molar-refractivity contribution in [2.24, 2.45) is 0 Å². The van der Waals surface area contributed by atoms with E-state index >= 15 is 0 Å². The highest BCUT2D eigenvalue weighted by molar-refractivity contribution is 5.84. The number of carbonyl (C=O) groups excluding carboxylic acids is 2. The molecule has 0 radical (unpaired) electrons. The maximum Gasteiger partial charge on any atom is 0.471 e. The minimum absolute atomic E-state index is 0.0227. The van der Waals surface area contributed by atoms with Gasteiger partial charge in [-0.1, -0.05) is 30.3 Å². The molecule has 0 aromatic heterocycles. The Morgan fingerprint density at radius 3 is 2.45 bits per heavy atom. The minimum atomic E-state index is -4.89. The maximum atomic E-state index is 12.5. The Hall–Kier alpha value is -1.85. The van der Waals surface area contributed by atoms with E-state index in [1.165, 1.54) is 0 Å². The van der Waals surface area contributed by atoms with Crippen LogP contribution in [0.15, 0.2) is 30.3 Å². The van der Waals surface area contributed by atoms with Crippen LogP contribution in [0.3, 0.4) is 0 Å². The average Bonchev–Trinajstić information content (AvgIpc) is 2.60. The Labute approximate surface area is 114 Å². The molecule has 1 aromatic carbocycles. The fourth-order valence-electron chi connectivity index (χ4n) is 2.37. The number of carbonyl (C=O) groups is 2. The number of hydrogen-bond acceptors (Lipinski definition) is 2.